The molecule has 0 saturated carbocycles. The Morgan fingerprint density at radius 2 is 1.78 bits per heavy atom. The van der Waals surface area contributed by atoms with Crippen molar-refractivity contribution in [1.29, 1.82) is 0 Å². The van der Waals surface area contributed by atoms with E-state index >= 15 is 0 Å². The number of hydrogen-bond acceptors (Lipinski definition) is 3. The van der Waals surface area contributed by atoms with Crippen molar-refractivity contribution >= 4 is 23.4 Å². The predicted molar refractivity (Wildman–Crippen MR) is 95.5 cm³/mol. The zero-order chi connectivity index (χ0) is 16.1. The average Bonchev–Trinajstić information content (AvgIpc) is 2.97. The minimum absolute atomic E-state index is 0.720. The van der Waals surface area contributed by atoms with E-state index in [2.05, 4.69) is 29.4 Å². The number of aromatic nitrogens is 3. The molecule has 0 saturated heterocycles. The average molecular weight is 344 g/mol. The molecule has 0 aliphatic rings. The van der Waals surface area contributed by atoms with Gasteiger partial charge in [-0.25, -0.2) is 4.68 Å². The van der Waals surface area contributed by atoms with Crippen molar-refractivity contribution in [3.05, 3.63) is 65.3 Å². The largest absolute Gasteiger partial charge is 0.206 e. The molecular formula is C18H18ClN3S. The van der Waals surface area contributed by atoms with Crippen LogP contribution in [0.5, 0.6) is 0 Å². The molecule has 2 aromatic carbocycles. The van der Waals surface area contributed by atoms with Gasteiger partial charge in [0.15, 0.2) is 0 Å². The van der Waals surface area contributed by atoms with E-state index in [1.807, 2.05) is 47.1 Å². The zero-order valence-electron chi connectivity index (χ0n) is 12.9. The molecule has 0 aliphatic heterocycles. The fraction of sp³-hybridized carbons (Fsp3) is 0.222. The van der Waals surface area contributed by atoms with Gasteiger partial charge >= 0.3 is 0 Å². The summed E-state index contributed by atoms with van der Waals surface area (Å²) in [6, 6.07) is 18.0. The second kappa shape index (κ2) is 7.66. The van der Waals surface area contributed by atoms with Gasteiger partial charge in [0.05, 0.1) is 11.4 Å². The molecule has 1 aromatic heterocycles. The Morgan fingerprint density at radius 1 is 1.04 bits per heavy atom. The summed E-state index contributed by atoms with van der Waals surface area (Å²) in [7, 11) is 0. The number of hydrogen-bond donors (Lipinski definition) is 0. The Balaban J connectivity index is 1.98. The van der Waals surface area contributed by atoms with E-state index in [0.29, 0.717) is 0 Å². The topological polar surface area (TPSA) is 30.7 Å². The Morgan fingerprint density at radius 3 is 2.48 bits per heavy atom. The third-order valence-corrected chi connectivity index (χ3v) is 4.85. The molecular weight excluding hydrogens is 326 g/mol. The summed E-state index contributed by atoms with van der Waals surface area (Å²) in [6.07, 6.45) is 3.20. The van der Waals surface area contributed by atoms with Crippen LogP contribution >= 0.6 is 23.4 Å². The van der Waals surface area contributed by atoms with E-state index in [-0.39, 0.29) is 0 Å². The molecule has 0 atom stereocenters. The number of rotatable bonds is 6. The highest BCUT2D eigenvalue weighted by atomic mass is 35.5. The minimum atomic E-state index is 0.720. The van der Waals surface area contributed by atoms with Gasteiger partial charge < -0.3 is 0 Å². The van der Waals surface area contributed by atoms with Gasteiger partial charge in [-0.1, -0.05) is 60.1 Å². The van der Waals surface area contributed by atoms with E-state index in [0.717, 1.165) is 40.7 Å². The summed E-state index contributed by atoms with van der Waals surface area (Å²) in [6.45, 7) is 2.19. The van der Waals surface area contributed by atoms with Crippen LogP contribution in [0.3, 0.4) is 0 Å². The van der Waals surface area contributed by atoms with Crippen LogP contribution in [0.25, 0.3) is 5.69 Å². The molecule has 3 rings (SSSR count). The van der Waals surface area contributed by atoms with Crippen molar-refractivity contribution < 1.29 is 0 Å². The molecule has 118 valence electrons. The van der Waals surface area contributed by atoms with Gasteiger partial charge in [-0.15, -0.1) is 5.10 Å². The van der Waals surface area contributed by atoms with Gasteiger partial charge in [0.1, 0.15) is 5.03 Å². The van der Waals surface area contributed by atoms with Crippen LogP contribution in [0.4, 0.5) is 0 Å². The fourth-order valence-corrected chi connectivity index (χ4v) is 3.39. The number of benzene rings is 2. The standard InChI is InChI=1S/C18H18ClN3S/c1-2-3-9-17-18(23-16-7-5-4-6-8-16)22(21-20-17)15-12-10-14(19)11-13-15/h4-8,10-13H,2-3,9H2,1H3. The van der Waals surface area contributed by atoms with Crippen molar-refractivity contribution in [3.63, 3.8) is 0 Å². The normalized spacial score (nSPS) is 10.9. The highest BCUT2D eigenvalue weighted by Gasteiger charge is 2.15. The van der Waals surface area contributed by atoms with Gasteiger partial charge in [0, 0.05) is 9.92 Å². The first kappa shape index (κ1) is 16.1. The summed E-state index contributed by atoms with van der Waals surface area (Å²) in [5.41, 5.74) is 2.03. The molecule has 0 bridgehead atoms. The molecule has 5 heteroatoms. The third-order valence-electron chi connectivity index (χ3n) is 3.49. The maximum atomic E-state index is 5.99. The van der Waals surface area contributed by atoms with Gasteiger partial charge in [-0.2, -0.15) is 0 Å². The molecule has 1 heterocycles. The molecule has 0 fully saturated rings. The lowest BCUT2D eigenvalue weighted by molar-refractivity contribution is 0.756. The van der Waals surface area contributed by atoms with E-state index in [4.69, 9.17) is 11.6 Å². The smallest absolute Gasteiger partial charge is 0.128 e. The SMILES string of the molecule is CCCCc1nnn(-c2ccc(Cl)cc2)c1Sc1ccccc1. The van der Waals surface area contributed by atoms with Gasteiger partial charge in [0.25, 0.3) is 0 Å². The number of unbranched alkanes of at least 4 members (excludes halogenated alkanes) is 1. The highest BCUT2D eigenvalue weighted by Crippen LogP contribution is 2.32. The lowest BCUT2D eigenvalue weighted by atomic mass is 10.2. The van der Waals surface area contributed by atoms with Gasteiger partial charge in [-0.05, 0) is 49.2 Å². The molecule has 0 amide bonds. The lowest BCUT2D eigenvalue weighted by Crippen LogP contribution is -1.99. The van der Waals surface area contributed by atoms with Crippen LogP contribution < -0.4 is 0 Å². The molecule has 0 spiro atoms. The molecule has 3 nitrogen and oxygen atoms in total. The van der Waals surface area contributed by atoms with E-state index in [1.165, 1.54) is 4.90 Å². The van der Waals surface area contributed by atoms with Crippen LogP contribution in [-0.4, -0.2) is 15.0 Å². The van der Waals surface area contributed by atoms with Crippen molar-refractivity contribution in [2.75, 3.05) is 0 Å². The summed E-state index contributed by atoms with van der Waals surface area (Å²) in [5.74, 6) is 0. The minimum Gasteiger partial charge on any atom is -0.206 e. The monoisotopic (exact) mass is 343 g/mol. The molecule has 0 N–H and O–H groups in total. The summed E-state index contributed by atoms with van der Waals surface area (Å²) >= 11 is 7.69. The zero-order valence-corrected chi connectivity index (χ0v) is 14.5. The van der Waals surface area contributed by atoms with Crippen molar-refractivity contribution in [1.82, 2.24) is 15.0 Å². The first-order chi connectivity index (χ1) is 11.3. The highest BCUT2D eigenvalue weighted by molar-refractivity contribution is 7.99. The summed E-state index contributed by atoms with van der Waals surface area (Å²) < 4.78 is 1.90. The Hall–Kier alpha value is -1.78. The molecule has 23 heavy (non-hydrogen) atoms. The first-order valence-electron chi connectivity index (χ1n) is 7.71. The number of halogens is 1. The van der Waals surface area contributed by atoms with E-state index in [9.17, 15) is 0 Å². The fourth-order valence-electron chi connectivity index (χ4n) is 2.26. The van der Waals surface area contributed by atoms with Crippen LogP contribution in [0.1, 0.15) is 25.5 Å². The quantitative estimate of drug-likeness (QED) is 0.599. The summed E-state index contributed by atoms with van der Waals surface area (Å²) in [5, 5.41) is 10.6. The van der Waals surface area contributed by atoms with Crippen molar-refractivity contribution in [2.45, 2.75) is 36.1 Å². The maximum absolute atomic E-state index is 5.99. The Kier molecular flexibility index (Phi) is 5.36. The van der Waals surface area contributed by atoms with E-state index < -0.39 is 0 Å². The van der Waals surface area contributed by atoms with Crippen LogP contribution in [0.2, 0.25) is 5.02 Å². The number of nitrogens with zero attached hydrogens (tertiary/aromatic N) is 3. The molecule has 0 aliphatic carbocycles. The maximum Gasteiger partial charge on any atom is 0.128 e. The predicted octanol–water partition coefficient (Wildman–Crippen LogP) is 5.41. The lowest BCUT2D eigenvalue weighted by Gasteiger charge is -2.08. The van der Waals surface area contributed by atoms with Gasteiger partial charge in [-0.3, -0.25) is 0 Å². The second-order valence-corrected chi connectivity index (χ2v) is 6.75. The Bertz CT molecular complexity index is 754. The molecule has 0 radical (unpaired) electrons. The molecule has 0 unspecified atom stereocenters. The summed E-state index contributed by atoms with van der Waals surface area (Å²) in [4.78, 5) is 1.18. The van der Waals surface area contributed by atoms with Crippen LogP contribution in [0, 0.1) is 0 Å². The number of aryl methyl sites for hydroxylation is 1. The third kappa shape index (κ3) is 3.95. The van der Waals surface area contributed by atoms with Crippen molar-refractivity contribution in [2.24, 2.45) is 0 Å². The van der Waals surface area contributed by atoms with Gasteiger partial charge in [0.2, 0.25) is 0 Å². The van der Waals surface area contributed by atoms with Crippen LogP contribution in [-0.2, 0) is 6.42 Å². The van der Waals surface area contributed by atoms with Crippen LogP contribution in [0.15, 0.2) is 64.5 Å². The van der Waals surface area contributed by atoms with E-state index in [1.54, 1.807) is 11.8 Å². The second-order valence-electron chi connectivity index (χ2n) is 5.25. The van der Waals surface area contributed by atoms with Crippen molar-refractivity contribution in [3.8, 4) is 5.69 Å². The first-order valence-corrected chi connectivity index (χ1v) is 8.91. The Labute approximate surface area is 145 Å². The molecule has 3 aromatic rings.